The smallest absolute Gasteiger partial charge is 0.257 e. The number of benzene rings is 1. The molecule has 25 heavy (non-hydrogen) atoms. The van der Waals surface area contributed by atoms with E-state index in [4.69, 9.17) is 4.42 Å². The lowest BCUT2D eigenvalue weighted by molar-refractivity contribution is -0.126. The monoisotopic (exact) mass is 356 g/mol. The molecule has 4 nitrogen and oxygen atoms in total. The molecule has 1 unspecified atom stereocenters. The first-order chi connectivity index (χ1) is 12.1. The Bertz CT molecular complexity index is 747. The molecule has 132 valence electrons. The van der Waals surface area contributed by atoms with Gasteiger partial charge in [0.25, 0.3) is 5.22 Å². The van der Waals surface area contributed by atoms with Crippen LogP contribution in [0.4, 0.5) is 0 Å². The molecule has 0 spiro atoms. The molecule has 1 atom stereocenters. The fraction of sp³-hybridized carbons (Fsp3) is 0.600. The van der Waals surface area contributed by atoms with Crippen LogP contribution in [0.15, 0.2) is 33.9 Å². The summed E-state index contributed by atoms with van der Waals surface area (Å²) in [5.41, 5.74) is 1.69. The summed E-state index contributed by atoms with van der Waals surface area (Å²) in [6.07, 6.45) is 7.73. The van der Waals surface area contributed by atoms with Crippen LogP contribution in [0.5, 0.6) is 0 Å². The van der Waals surface area contributed by atoms with E-state index in [0.29, 0.717) is 5.22 Å². The van der Waals surface area contributed by atoms with Gasteiger partial charge < -0.3 is 9.73 Å². The topological polar surface area (TPSA) is 55.1 Å². The maximum atomic E-state index is 12.8. The Balaban J connectivity index is 1.27. The van der Waals surface area contributed by atoms with Crippen LogP contribution in [0, 0.1) is 17.8 Å². The van der Waals surface area contributed by atoms with Crippen LogP contribution in [0.2, 0.25) is 0 Å². The van der Waals surface area contributed by atoms with Gasteiger partial charge in [0, 0.05) is 5.54 Å². The van der Waals surface area contributed by atoms with Crippen molar-refractivity contribution < 1.29 is 9.21 Å². The number of carbonyl (C=O) groups excluding carboxylic acids is 1. The van der Waals surface area contributed by atoms with E-state index in [1.165, 1.54) is 50.3 Å². The fourth-order valence-electron chi connectivity index (χ4n) is 5.73. The van der Waals surface area contributed by atoms with Crippen molar-refractivity contribution >= 4 is 28.8 Å². The van der Waals surface area contributed by atoms with Gasteiger partial charge >= 0.3 is 0 Å². The van der Waals surface area contributed by atoms with Gasteiger partial charge in [0.15, 0.2) is 5.58 Å². The molecule has 0 radical (unpaired) electrons. The number of para-hydroxylation sites is 2. The molecular weight excluding hydrogens is 332 g/mol. The van der Waals surface area contributed by atoms with Crippen LogP contribution in [0.3, 0.4) is 0 Å². The van der Waals surface area contributed by atoms with E-state index in [-0.39, 0.29) is 16.7 Å². The van der Waals surface area contributed by atoms with Crippen LogP contribution in [-0.2, 0) is 4.79 Å². The summed E-state index contributed by atoms with van der Waals surface area (Å²) in [4.78, 5) is 17.3. The summed E-state index contributed by atoms with van der Waals surface area (Å²) in [5.74, 6) is 2.65. The second-order valence-electron chi connectivity index (χ2n) is 8.39. The third-order valence-corrected chi connectivity index (χ3v) is 7.29. The molecule has 1 amide bonds. The third-order valence-electron chi connectivity index (χ3n) is 6.35. The van der Waals surface area contributed by atoms with Crippen molar-refractivity contribution in [3.05, 3.63) is 24.3 Å². The van der Waals surface area contributed by atoms with E-state index in [2.05, 4.69) is 10.3 Å². The van der Waals surface area contributed by atoms with Crippen molar-refractivity contribution in [2.45, 2.75) is 61.5 Å². The van der Waals surface area contributed by atoms with E-state index < -0.39 is 0 Å². The van der Waals surface area contributed by atoms with E-state index >= 15 is 0 Å². The van der Waals surface area contributed by atoms with E-state index in [1.807, 2.05) is 31.2 Å². The average Bonchev–Trinajstić information content (AvgIpc) is 2.95. The highest BCUT2D eigenvalue weighted by atomic mass is 32.2. The molecule has 1 heterocycles. The van der Waals surface area contributed by atoms with Crippen LogP contribution < -0.4 is 5.32 Å². The van der Waals surface area contributed by atoms with Crippen molar-refractivity contribution in [3.8, 4) is 0 Å². The van der Waals surface area contributed by atoms with Crippen LogP contribution in [-0.4, -0.2) is 21.7 Å². The molecule has 1 N–H and O–H groups in total. The highest BCUT2D eigenvalue weighted by Gasteiger charge is 2.51. The largest absolute Gasteiger partial charge is 0.431 e. The molecule has 5 heteroatoms. The number of hydrogen-bond donors (Lipinski definition) is 1. The van der Waals surface area contributed by atoms with E-state index in [0.717, 1.165) is 28.9 Å². The quantitative estimate of drug-likeness (QED) is 0.825. The Hall–Kier alpha value is -1.49. The van der Waals surface area contributed by atoms with Crippen LogP contribution in [0.1, 0.15) is 45.4 Å². The standard InChI is InChI=1S/C20H24N2O2S/c1-12(25-19-21-16-4-2-3-5-17(16)24-19)18(23)22-20-9-13-6-14(10-20)8-15(7-13)11-20/h2-5,12-15H,6-11H2,1H3,(H,22,23). The molecule has 4 saturated carbocycles. The molecule has 1 aromatic carbocycles. The number of fused-ring (bicyclic) bond motifs is 1. The lowest BCUT2D eigenvalue weighted by atomic mass is 9.53. The Morgan fingerprint density at radius 2 is 1.84 bits per heavy atom. The summed E-state index contributed by atoms with van der Waals surface area (Å²) in [7, 11) is 0. The van der Waals surface area contributed by atoms with Gasteiger partial charge in [-0.3, -0.25) is 4.79 Å². The number of thioether (sulfide) groups is 1. The SMILES string of the molecule is CC(Sc1nc2ccccc2o1)C(=O)NC12CC3CC(CC(C3)C1)C2. The van der Waals surface area contributed by atoms with Crippen molar-refractivity contribution in [3.63, 3.8) is 0 Å². The molecule has 4 bridgehead atoms. The number of hydrogen-bond acceptors (Lipinski definition) is 4. The molecule has 0 aliphatic heterocycles. The van der Waals surface area contributed by atoms with E-state index in [9.17, 15) is 4.79 Å². The van der Waals surface area contributed by atoms with Crippen LogP contribution in [0.25, 0.3) is 11.1 Å². The minimum Gasteiger partial charge on any atom is -0.431 e. The zero-order valence-electron chi connectivity index (χ0n) is 14.5. The van der Waals surface area contributed by atoms with Gasteiger partial charge in [0.05, 0.1) is 5.25 Å². The number of oxazole rings is 1. The predicted molar refractivity (Wildman–Crippen MR) is 98.4 cm³/mol. The maximum Gasteiger partial charge on any atom is 0.257 e. The number of carbonyl (C=O) groups is 1. The van der Waals surface area contributed by atoms with Crippen LogP contribution >= 0.6 is 11.8 Å². The molecular formula is C20H24N2O2S. The average molecular weight is 356 g/mol. The number of rotatable bonds is 4. The van der Waals surface area contributed by atoms with Gasteiger partial charge in [-0.15, -0.1) is 0 Å². The minimum absolute atomic E-state index is 0.0714. The van der Waals surface area contributed by atoms with Crippen molar-refractivity contribution in [1.82, 2.24) is 10.3 Å². The lowest BCUT2D eigenvalue weighted by Gasteiger charge is -2.57. The van der Waals surface area contributed by atoms with Gasteiger partial charge in [0.2, 0.25) is 5.91 Å². The van der Waals surface area contributed by atoms with Crippen molar-refractivity contribution in [1.29, 1.82) is 0 Å². The highest BCUT2D eigenvalue weighted by molar-refractivity contribution is 8.00. The summed E-state index contributed by atoms with van der Waals surface area (Å²) >= 11 is 1.42. The maximum absolute atomic E-state index is 12.8. The predicted octanol–water partition coefficient (Wildman–Crippen LogP) is 4.39. The summed E-state index contributed by atoms with van der Waals surface area (Å²) in [5, 5.41) is 3.83. The second kappa shape index (κ2) is 5.76. The lowest BCUT2D eigenvalue weighted by Crippen LogP contribution is -2.60. The normalized spacial score (nSPS) is 34.4. The zero-order chi connectivity index (χ0) is 17.0. The highest BCUT2D eigenvalue weighted by Crippen LogP contribution is 2.55. The number of nitrogens with zero attached hydrogens (tertiary/aromatic N) is 1. The first-order valence-corrected chi connectivity index (χ1v) is 10.3. The fourth-order valence-corrected chi connectivity index (χ4v) is 6.49. The molecule has 4 fully saturated rings. The van der Waals surface area contributed by atoms with Gasteiger partial charge in [-0.2, -0.15) is 0 Å². The summed E-state index contributed by atoms with van der Waals surface area (Å²) in [6, 6.07) is 7.73. The zero-order valence-corrected chi connectivity index (χ0v) is 15.3. The number of nitrogens with one attached hydrogen (secondary N) is 1. The van der Waals surface area contributed by atoms with Gasteiger partial charge in [0.1, 0.15) is 5.52 Å². The van der Waals surface area contributed by atoms with Crippen molar-refractivity contribution in [2.24, 2.45) is 17.8 Å². The first kappa shape index (κ1) is 15.7. The van der Waals surface area contributed by atoms with E-state index in [1.54, 1.807) is 0 Å². The molecule has 2 aromatic rings. The molecule has 4 aliphatic rings. The summed E-state index contributed by atoms with van der Waals surface area (Å²) < 4.78 is 5.75. The molecule has 4 aliphatic carbocycles. The van der Waals surface area contributed by atoms with Crippen molar-refractivity contribution in [2.75, 3.05) is 0 Å². The Kier molecular flexibility index (Phi) is 3.63. The summed E-state index contributed by atoms with van der Waals surface area (Å²) in [6.45, 7) is 1.95. The molecule has 6 rings (SSSR count). The Morgan fingerprint density at radius 1 is 1.20 bits per heavy atom. The van der Waals surface area contributed by atoms with Gasteiger partial charge in [-0.05, 0) is 75.3 Å². The van der Waals surface area contributed by atoms with Gasteiger partial charge in [-0.1, -0.05) is 23.9 Å². The van der Waals surface area contributed by atoms with Gasteiger partial charge in [-0.25, -0.2) is 4.98 Å². The number of aromatic nitrogens is 1. The Morgan fingerprint density at radius 3 is 2.48 bits per heavy atom. The first-order valence-electron chi connectivity index (χ1n) is 9.43. The number of amides is 1. The molecule has 0 saturated heterocycles. The molecule has 1 aromatic heterocycles. The Labute approximate surface area is 152 Å². The third kappa shape index (κ3) is 2.86. The minimum atomic E-state index is -0.193. The second-order valence-corrected chi connectivity index (χ2v) is 9.69.